The van der Waals surface area contributed by atoms with Crippen LogP contribution in [-0.2, 0) is 27.3 Å². The summed E-state index contributed by atoms with van der Waals surface area (Å²) in [6.45, 7) is 2.21. The van der Waals surface area contributed by atoms with E-state index in [1.165, 1.54) is 0 Å². The van der Waals surface area contributed by atoms with Crippen molar-refractivity contribution >= 4 is 29.3 Å². The van der Waals surface area contributed by atoms with Crippen molar-refractivity contribution in [2.75, 3.05) is 13.2 Å². The third-order valence-corrected chi connectivity index (χ3v) is 7.66. The molecule has 11 heteroatoms. The summed E-state index contributed by atoms with van der Waals surface area (Å²) in [5.41, 5.74) is 3.11. The molecule has 0 bridgehead atoms. The summed E-state index contributed by atoms with van der Waals surface area (Å²) in [5.74, 6) is -5.52. The lowest BCUT2D eigenvalue weighted by atomic mass is 9.99. The average molecular weight is 614 g/mol. The molecule has 0 spiro atoms. The van der Waals surface area contributed by atoms with E-state index in [1.807, 2.05) is 19.1 Å². The predicted octanol–water partition coefficient (Wildman–Crippen LogP) is 3.98. The lowest BCUT2D eigenvalue weighted by Crippen LogP contribution is -2.56. The minimum absolute atomic E-state index is 0.0129. The van der Waals surface area contributed by atoms with Gasteiger partial charge in [-0.1, -0.05) is 78.3 Å². The number of halogens is 3. The summed E-state index contributed by atoms with van der Waals surface area (Å²) >= 11 is 6.18. The van der Waals surface area contributed by atoms with Crippen molar-refractivity contribution in [3.8, 4) is 5.75 Å². The quantitative estimate of drug-likeness (QED) is 0.303. The van der Waals surface area contributed by atoms with E-state index in [9.17, 15) is 28.3 Å². The maximum atomic E-state index is 14.6. The average Bonchev–Trinajstić information content (AvgIpc) is 3.31. The van der Waals surface area contributed by atoms with Gasteiger partial charge in [-0.15, -0.1) is 0 Å². The Morgan fingerprint density at radius 1 is 1.02 bits per heavy atom. The number of para-hydroxylation sites is 1. The van der Waals surface area contributed by atoms with Crippen LogP contribution in [0.2, 0.25) is 5.02 Å². The van der Waals surface area contributed by atoms with E-state index in [4.69, 9.17) is 16.3 Å². The third-order valence-electron chi connectivity index (χ3n) is 7.36. The van der Waals surface area contributed by atoms with Crippen LogP contribution in [0, 0.1) is 13.8 Å². The van der Waals surface area contributed by atoms with Gasteiger partial charge >= 0.3 is 0 Å². The summed E-state index contributed by atoms with van der Waals surface area (Å²) in [6.07, 6.45) is -2.79. The Kier molecular flexibility index (Phi) is 10.4. The maximum absolute atomic E-state index is 14.6. The highest BCUT2D eigenvalue weighted by molar-refractivity contribution is 6.32. The molecule has 3 N–H and O–H groups in total. The van der Waals surface area contributed by atoms with Crippen LogP contribution in [0.4, 0.5) is 8.78 Å². The maximum Gasteiger partial charge on any atom is 0.267 e. The molecule has 1 aliphatic heterocycles. The fraction of sp³-hybridized carbons (Fsp3) is 0.344. The van der Waals surface area contributed by atoms with E-state index >= 15 is 0 Å². The SMILES string of the molecule is Cc1ccccc1CNC(=O)C1CC(F)(F)CN1C(=O)C(O)C(Cc1ccccc1)NC(=O)COc1c(C)cccc1Cl. The van der Waals surface area contributed by atoms with Gasteiger partial charge in [-0.3, -0.25) is 14.4 Å². The van der Waals surface area contributed by atoms with E-state index in [0.29, 0.717) is 26.8 Å². The van der Waals surface area contributed by atoms with Gasteiger partial charge in [-0.2, -0.15) is 0 Å². The van der Waals surface area contributed by atoms with Crippen molar-refractivity contribution in [1.82, 2.24) is 15.5 Å². The first-order valence-electron chi connectivity index (χ1n) is 13.8. The second-order valence-electron chi connectivity index (χ2n) is 10.7. The monoisotopic (exact) mass is 613 g/mol. The molecular formula is C32H34ClF2N3O5. The largest absolute Gasteiger partial charge is 0.482 e. The fourth-order valence-electron chi connectivity index (χ4n) is 5.03. The van der Waals surface area contributed by atoms with Gasteiger partial charge in [0.25, 0.3) is 17.7 Å². The zero-order valence-electron chi connectivity index (χ0n) is 23.9. The molecule has 228 valence electrons. The van der Waals surface area contributed by atoms with Gasteiger partial charge in [0.05, 0.1) is 17.6 Å². The number of aliphatic hydroxyl groups is 1. The minimum atomic E-state index is -3.33. The van der Waals surface area contributed by atoms with Gasteiger partial charge in [0, 0.05) is 13.0 Å². The molecule has 0 saturated carbocycles. The zero-order chi connectivity index (χ0) is 31.1. The standard InChI is InChI=1S/C32H34ClF2N3O5/c1-20-9-6-7-13-23(20)17-36-30(41)26-16-32(34,35)19-38(26)31(42)28(40)25(15-22-11-4-3-5-12-22)37-27(39)18-43-29-21(2)10-8-14-24(29)33/h3-14,25-26,28,40H,15-19H2,1-2H3,(H,36,41)(H,37,39). The Morgan fingerprint density at radius 2 is 1.70 bits per heavy atom. The van der Waals surface area contributed by atoms with Crippen LogP contribution in [0.25, 0.3) is 0 Å². The van der Waals surface area contributed by atoms with Gasteiger partial charge in [0.15, 0.2) is 12.7 Å². The topological polar surface area (TPSA) is 108 Å². The number of alkyl halides is 2. The highest BCUT2D eigenvalue weighted by atomic mass is 35.5. The number of aliphatic hydroxyl groups excluding tert-OH is 1. The number of nitrogens with one attached hydrogen (secondary N) is 2. The van der Waals surface area contributed by atoms with Gasteiger partial charge in [-0.05, 0) is 48.6 Å². The van der Waals surface area contributed by atoms with Crippen LogP contribution < -0.4 is 15.4 Å². The molecule has 0 aromatic heterocycles. The van der Waals surface area contributed by atoms with Crippen molar-refractivity contribution in [3.05, 3.63) is 100 Å². The Morgan fingerprint density at radius 3 is 2.40 bits per heavy atom. The van der Waals surface area contributed by atoms with E-state index in [2.05, 4.69) is 10.6 Å². The first-order valence-corrected chi connectivity index (χ1v) is 14.2. The molecule has 3 unspecified atom stereocenters. The normalized spacial score (nSPS) is 17.2. The number of carbonyl (C=O) groups excluding carboxylic acids is 3. The van der Waals surface area contributed by atoms with E-state index in [0.717, 1.165) is 11.1 Å². The summed E-state index contributed by atoms with van der Waals surface area (Å²) in [5, 5.41) is 16.7. The first-order chi connectivity index (χ1) is 20.4. The van der Waals surface area contributed by atoms with Gasteiger partial charge in [0.1, 0.15) is 11.8 Å². The van der Waals surface area contributed by atoms with E-state index in [-0.39, 0.29) is 13.0 Å². The number of hydrogen-bond acceptors (Lipinski definition) is 5. The summed E-state index contributed by atoms with van der Waals surface area (Å²) in [6, 6.07) is 18.5. The Labute approximate surface area is 254 Å². The van der Waals surface area contributed by atoms with Crippen molar-refractivity contribution in [2.24, 2.45) is 0 Å². The summed E-state index contributed by atoms with van der Waals surface area (Å²) < 4.78 is 34.8. The molecule has 1 fully saturated rings. The second kappa shape index (κ2) is 14.0. The summed E-state index contributed by atoms with van der Waals surface area (Å²) in [4.78, 5) is 40.2. The van der Waals surface area contributed by atoms with E-state index in [1.54, 1.807) is 67.6 Å². The van der Waals surface area contributed by atoms with Crippen molar-refractivity contribution in [1.29, 1.82) is 0 Å². The molecule has 3 atom stereocenters. The second-order valence-corrected chi connectivity index (χ2v) is 11.1. The molecule has 0 aliphatic carbocycles. The zero-order valence-corrected chi connectivity index (χ0v) is 24.6. The number of rotatable bonds is 11. The van der Waals surface area contributed by atoms with Crippen LogP contribution in [0.3, 0.4) is 0 Å². The molecule has 1 saturated heterocycles. The molecule has 1 aliphatic rings. The molecule has 3 aromatic carbocycles. The highest BCUT2D eigenvalue weighted by Crippen LogP contribution is 2.33. The van der Waals surface area contributed by atoms with Crippen LogP contribution in [0.15, 0.2) is 72.8 Å². The lowest BCUT2D eigenvalue weighted by molar-refractivity contribution is -0.147. The smallest absolute Gasteiger partial charge is 0.267 e. The Balaban J connectivity index is 1.49. The van der Waals surface area contributed by atoms with Crippen LogP contribution >= 0.6 is 11.6 Å². The number of aryl methyl sites for hydroxylation is 2. The van der Waals surface area contributed by atoms with Crippen molar-refractivity contribution < 1.29 is 33.0 Å². The number of ether oxygens (including phenoxy) is 1. The van der Waals surface area contributed by atoms with Crippen molar-refractivity contribution in [2.45, 2.75) is 57.3 Å². The van der Waals surface area contributed by atoms with Crippen LogP contribution in [0.1, 0.15) is 28.7 Å². The lowest BCUT2D eigenvalue weighted by Gasteiger charge is -2.30. The molecule has 1 heterocycles. The number of hydrogen-bond donors (Lipinski definition) is 3. The third kappa shape index (κ3) is 8.30. The molecule has 3 aromatic rings. The molecule has 8 nitrogen and oxygen atoms in total. The van der Waals surface area contributed by atoms with E-state index < -0.39 is 61.4 Å². The predicted molar refractivity (Wildman–Crippen MR) is 158 cm³/mol. The van der Waals surface area contributed by atoms with Crippen LogP contribution in [-0.4, -0.2) is 65.0 Å². The number of likely N-dealkylation sites (tertiary alicyclic amines) is 1. The van der Waals surface area contributed by atoms with Crippen LogP contribution in [0.5, 0.6) is 5.75 Å². The molecule has 4 rings (SSSR count). The Bertz CT molecular complexity index is 1440. The fourth-order valence-corrected chi connectivity index (χ4v) is 5.30. The summed E-state index contributed by atoms with van der Waals surface area (Å²) in [7, 11) is 0. The molecule has 43 heavy (non-hydrogen) atoms. The molecule has 3 amide bonds. The van der Waals surface area contributed by atoms with Gasteiger partial charge in [-0.25, -0.2) is 8.78 Å². The van der Waals surface area contributed by atoms with Crippen molar-refractivity contribution in [3.63, 3.8) is 0 Å². The minimum Gasteiger partial charge on any atom is -0.482 e. The Hall–Kier alpha value is -4.02. The number of amides is 3. The number of nitrogens with zero attached hydrogens (tertiary/aromatic N) is 1. The first kappa shape index (κ1) is 31.9. The molecular weight excluding hydrogens is 580 g/mol. The number of carbonyl (C=O) groups is 3. The number of benzene rings is 3. The van der Waals surface area contributed by atoms with Gasteiger partial charge < -0.3 is 25.4 Å². The molecule has 0 radical (unpaired) electrons. The van der Waals surface area contributed by atoms with Gasteiger partial charge in [0.2, 0.25) is 5.91 Å². The highest BCUT2D eigenvalue weighted by Gasteiger charge is 2.51.